The van der Waals surface area contributed by atoms with Crippen molar-refractivity contribution in [2.75, 3.05) is 32.7 Å². The van der Waals surface area contributed by atoms with Crippen LogP contribution in [0, 0.1) is 0 Å². The van der Waals surface area contributed by atoms with E-state index in [-0.39, 0.29) is 24.4 Å². The monoisotopic (exact) mass is 565 g/mol. The zero-order valence-corrected chi connectivity index (χ0v) is 24.6. The Morgan fingerprint density at radius 1 is 1.00 bits per heavy atom. The fourth-order valence-electron chi connectivity index (χ4n) is 6.12. The highest BCUT2D eigenvalue weighted by Gasteiger charge is 2.43. The molecule has 0 radical (unpaired) electrons. The molecule has 1 aromatic heterocycles. The molecule has 2 aliphatic heterocycles. The minimum Gasteiger partial charge on any atom is -0.497 e. The number of carbonyl (C=O) groups excluding carboxylic acids is 2. The molecule has 0 spiro atoms. The van der Waals surface area contributed by atoms with Gasteiger partial charge in [0.1, 0.15) is 5.75 Å². The Morgan fingerprint density at radius 3 is 2.45 bits per heavy atom. The fourth-order valence-corrected chi connectivity index (χ4v) is 6.12. The number of nitrogens with one attached hydrogen (secondary N) is 1. The summed E-state index contributed by atoms with van der Waals surface area (Å²) < 4.78 is 19.8. The van der Waals surface area contributed by atoms with Crippen molar-refractivity contribution in [3.63, 3.8) is 0 Å². The summed E-state index contributed by atoms with van der Waals surface area (Å²) >= 11 is 0. The van der Waals surface area contributed by atoms with Crippen LogP contribution in [-0.4, -0.2) is 48.7 Å². The molecule has 3 heterocycles. The van der Waals surface area contributed by atoms with Gasteiger partial charge >= 0.3 is 0 Å². The highest BCUT2D eigenvalue weighted by atomic mass is 16.5. The maximum atomic E-state index is 14.0. The maximum absolute atomic E-state index is 14.0. The minimum atomic E-state index is -0.485. The van der Waals surface area contributed by atoms with Gasteiger partial charge in [0.2, 0.25) is 5.91 Å². The molecule has 0 fully saturated rings. The van der Waals surface area contributed by atoms with Crippen LogP contribution in [0.15, 0.2) is 78.1 Å². The first-order valence-electron chi connectivity index (χ1n) is 14.2. The van der Waals surface area contributed by atoms with Crippen molar-refractivity contribution < 1.29 is 23.8 Å². The van der Waals surface area contributed by atoms with Gasteiger partial charge in [-0.25, -0.2) is 0 Å². The molecule has 8 heteroatoms. The molecule has 0 bridgehead atoms. The van der Waals surface area contributed by atoms with E-state index in [9.17, 15) is 9.59 Å². The number of ether oxygens (including phenoxy) is 3. The quantitative estimate of drug-likeness (QED) is 0.280. The predicted molar refractivity (Wildman–Crippen MR) is 162 cm³/mol. The molecule has 3 aromatic carbocycles. The SMILES string of the molecule is COc1ccc(CCOc2c(OC)cccc2[C@H]2C3=C(CN(C(C)=O)C3=O)Nc3cccc4c3c2cn4C(C)C)cc1. The lowest BCUT2D eigenvalue weighted by Gasteiger charge is -2.23. The number of para-hydroxylation sites is 1. The molecule has 1 N–H and O–H groups in total. The van der Waals surface area contributed by atoms with Crippen molar-refractivity contribution in [2.45, 2.75) is 39.2 Å². The van der Waals surface area contributed by atoms with Crippen molar-refractivity contribution in [3.05, 3.63) is 94.8 Å². The zero-order valence-electron chi connectivity index (χ0n) is 24.6. The first-order valence-corrected chi connectivity index (χ1v) is 14.2. The van der Waals surface area contributed by atoms with E-state index in [1.54, 1.807) is 14.2 Å². The number of amides is 2. The second kappa shape index (κ2) is 10.9. The van der Waals surface area contributed by atoms with Crippen molar-refractivity contribution >= 4 is 28.4 Å². The van der Waals surface area contributed by atoms with Crippen LogP contribution >= 0.6 is 0 Å². The van der Waals surface area contributed by atoms with Crippen LogP contribution in [0.5, 0.6) is 17.2 Å². The molecular formula is C34H35N3O5. The number of benzene rings is 3. The zero-order chi connectivity index (χ0) is 29.5. The van der Waals surface area contributed by atoms with Gasteiger partial charge in [-0.05, 0) is 55.3 Å². The van der Waals surface area contributed by atoms with Crippen LogP contribution < -0.4 is 19.5 Å². The number of methoxy groups -OCH3 is 2. The number of hydrogen-bond donors (Lipinski definition) is 1. The van der Waals surface area contributed by atoms with Gasteiger partial charge < -0.3 is 24.1 Å². The maximum Gasteiger partial charge on any atom is 0.259 e. The Balaban J connectivity index is 1.50. The number of carbonyl (C=O) groups is 2. The molecule has 6 rings (SSSR count). The minimum absolute atomic E-state index is 0.197. The number of rotatable bonds is 8. The fraction of sp³-hybridized carbons (Fsp3) is 0.294. The topological polar surface area (TPSA) is 82.0 Å². The molecule has 216 valence electrons. The Kier molecular flexibility index (Phi) is 7.14. The van der Waals surface area contributed by atoms with Crippen LogP contribution in [0.4, 0.5) is 5.69 Å². The van der Waals surface area contributed by atoms with Gasteiger partial charge in [-0.3, -0.25) is 14.5 Å². The van der Waals surface area contributed by atoms with E-state index in [2.05, 4.69) is 36.0 Å². The third-order valence-corrected chi connectivity index (χ3v) is 8.16. The van der Waals surface area contributed by atoms with E-state index >= 15 is 0 Å². The standard InChI is InChI=1S/C34H35N3O5/c1-20(2)36-18-25-30(32-27(19-37(21(3)38)34(32)39)35-26-9-7-10-28(36)31(25)26)24-8-6-11-29(41-5)33(24)42-17-16-22-12-14-23(40-4)15-13-22/h6-15,18,20,30,35H,16-17,19H2,1-5H3/t30-/m1/s1. The van der Waals surface area contributed by atoms with Gasteiger partial charge in [0.15, 0.2) is 11.5 Å². The third-order valence-electron chi connectivity index (χ3n) is 8.16. The Morgan fingerprint density at radius 2 is 1.76 bits per heavy atom. The average Bonchev–Trinajstić information content (AvgIpc) is 3.49. The van der Waals surface area contributed by atoms with E-state index in [0.717, 1.165) is 44.7 Å². The summed E-state index contributed by atoms with van der Waals surface area (Å²) in [5.41, 5.74) is 6.19. The smallest absolute Gasteiger partial charge is 0.259 e. The highest BCUT2D eigenvalue weighted by Crippen LogP contribution is 2.50. The first kappa shape index (κ1) is 27.4. The summed E-state index contributed by atoms with van der Waals surface area (Å²) in [4.78, 5) is 27.8. The molecule has 1 atom stereocenters. The van der Waals surface area contributed by atoms with Crippen LogP contribution in [0.25, 0.3) is 10.9 Å². The molecule has 0 aliphatic carbocycles. The molecule has 2 aliphatic rings. The lowest BCUT2D eigenvalue weighted by molar-refractivity contribution is -0.139. The molecular weight excluding hydrogens is 530 g/mol. The van der Waals surface area contributed by atoms with Crippen molar-refractivity contribution in [1.29, 1.82) is 0 Å². The Labute approximate surface area is 245 Å². The normalized spacial score (nSPS) is 16.0. The summed E-state index contributed by atoms with van der Waals surface area (Å²) in [5, 5.41) is 4.60. The molecule has 4 aromatic rings. The largest absolute Gasteiger partial charge is 0.497 e. The van der Waals surface area contributed by atoms with Crippen molar-refractivity contribution in [3.8, 4) is 17.2 Å². The first-order chi connectivity index (χ1) is 20.3. The number of anilines is 1. The van der Waals surface area contributed by atoms with Crippen LogP contribution in [0.2, 0.25) is 0 Å². The summed E-state index contributed by atoms with van der Waals surface area (Å²) in [7, 11) is 3.27. The van der Waals surface area contributed by atoms with E-state index in [1.165, 1.54) is 11.8 Å². The number of imide groups is 1. The second-order valence-corrected chi connectivity index (χ2v) is 11.0. The van der Waals surface area contributed by atoms with E-state index < -0.39 is 5.92 Å². The molecule has 0 saturated carbocycles. The molecule has 0 unspecified atom stereocenters. The lowest BCUT2D eigenvalue weighted by atomic mass is 9.83. The number of aromatic nitrogens is 1. The summed E-state index contributed by atoms with van der Waals surface area (Å²) in [6.07, 6.45) is 2.82. The number of hydrogen-bond acceptors (Lipinski definition) is 6. The van der Waals surface area contributed by atoms with Gasteiger partial charge in [0.25, 0.3) is 5.91 Å². The molecule has 2 amide bonds. The third kappa shape index (κ3) is 4.57. The van der Waals surface area contributed by atoms with Crippen molar-refractivity contribution in [1.82, 2.24) is 9.47 Å². The summed E-state index contributed by atoms with van der Waals surface area (Å²) in [6.45, 7) is 6.32. The second-order valence-electron chi connectivity index (χ2n) is 11.0. The van der Waals surface area contributed by atoms with Gasteiger partial charge in [-0.15, -0.1) is 0 Å². The molecule has 8 nitrogen and oxygen atoms in total. The van der Waals surface area contributed by atoms with Gasteiger partial charge in [0.05, 0.1) is 38.5 Å². The lowest BCUT2D eigenvalue weighted by Crippen LogP contribution is -2.33. The summed E-state index contributed by atoms with van der Waals surface area (Å²) in [6, 6.07) is 20.1. The van der Waals surface area contributed by atoms with Crippen LogP contribution in [0.3, 0.4) is 0 Å². The van der Waals surface area contributed by atoms with E-state index in [1.807, 2.05) is 54.6 Å². The van der Waals surface area contributed by atoms with Crippen LogP contribution in [-0.2, 0) is 16.0 Å². The van der Waals surface area contributed by atoms with E-state index in [0.29, 0.717) is 30.1 Å². The highest BCUT2D eigenvalue weighted by molar-refractivity contribution is 6.11. The van der Waals surface area contributed by atoms with Crippen LogP contribution in [0.1, 0.15) is 49.4 Å². The molecule has 0 saturated heterocycles. The van der Waals surface area contributed by atoms with Crippen molar-refractivity contribution in [2.24, 2.45) is 0 Å². The average molecular weight is 566 g/mol. The van der Waals surface area contributed by atoms with E-state index in [4.69, 9.17) is 14.2 Å². The Hall–Kier alpha value is -4.72. The van der Waals surface area contributed by atoms with Gasteiger partial charge in [0, 0.05) is 53.8 Å². The predicted octanol–water partition coefficient (Wildman–Crippen LogP) is 6.06. The van der Waals surface area contributed by atoms with Gasteiger partial charge in [-0.1, -0.05) is 30.3 Å². The van der Waals surface area contributed by atoms with Gasteiger partial charge in [-0.2, -0.15) is 0 Å². The Bertz CT molecular complexity index is 1720. The number of nitrogens with zero attached hydrogens (tertiary/aromatic N) is 2. The molecule has 42 heavy (non-hydrogen) atoms. The summed E-state index contributed by atoms with van der Waals surface area (Å²) in [5.74, 6) is 0.918.